The lowest BCUT2D eigenvalue weighted by atomic mass is 10.1. The van der Waals surface area contributed by atoms with Crippen LogP contribution in [-0.2, 0) is 0 Å². The summed E-state index contributed by atoms with van der Waals surface area (Å²) in [5.74, 6) is 0.863. The Balaban J connectivity index is 1.80. The Kier molecular flexibility index (Phi) is 2.54. The summed E-state index contributed by atoms with van der Waals surface area (Å²) >= 11 is 0. The topological polar surface area (TPSA) is 46.3 Å². The maximum atomic E-state index is 12.5. The number of nitrogen functional groups attached to an aromatic ring is 1. The molecule has 2 saturated carbocycles. The van der Waals surface area contributed by atoms with Crippen LogP contribution in [-0.4, -0.2) is 23.4 Å². The third-order valence-electron chi connectivity index (χ3n) is 3.59. The second-order valence-corrected chi connectivity index (χ2v) is 5.22. The van der Waals surface area contributed by atoms with Crippen LogP contribution in [0, 0.1) is 5.92 Å². The lowest BCUT2D eigenvalue weighted by molar-refractivity contribution is 0.0736. The van der Waals surface area contributed by atoms with Gasteiger partial charge in [-0.3, -0.25) is 4.79 Å². The average molecular weight is 230 g/mol. The van der Waals surface area contributed by atoms with E-state index in [0.717, 1.165) is 25.3 Å². The minimum Gasteiger partial charge on any atom is -0.398 e. The molecule has 0 bridgehead atoms. The smallest absolute Gasteiger partial charge is 0.256 e. The van der Waals surface area contributed by atoms with Gasteiger partial charge in [-0.1, -0.05) is 12.1 Å². The van der Waals surface area contributed by atoms with Gasteiger partial charge in [-0.15, -0.1) is 0 Å². The Labute approximate surface area is 102 Å². The highest BCUT2D eigenvalue weighted by molar-refractivity contribution is 5.99. The summed E-state index contributed by atoms with van der Waals surface area (Å²) in [5.41, 5.74) is 7.14. The first kappa shape index (κ1) is 10.6. The quantitative estimate of drug-likeness (QED) is 0.807. The summed E-state index contributed by atoms with van der Waals surface area (Å²) in [5, 5.41) is 0. The lowest BCUT2D eigenvalue weighted by Gasteiger charge is -2.23. The van der Waals surface area contributed by atoms with Crippen molar-refractivity contribution in [2.45, 2.75) is 31.7 Å². The molecule has 90 valence electrons. The molecule has 2 aliphatic rings. The number of amides is 1. The van der Waals surface area contributed by atoms with Gasteiger partial charge in [0.1, 0.15) is 0 Å². The maximum Gasteiger partial charge on any atom is 0.256 e. The van der Waals surface area contributed by atoms with Crippen LogP contribution in [0.5, 0.6) is 0 Å². The van der Waals surface area contributed by atoms with Crippen LogP contribution in [0.15, 0.2) is 24.3 Å². The highest BCUT2D eigenvalue weighted by Gasteiger charge is 2.37. The zero-order chi connectivity index (χ0) is 11.8. The number of carbonyl (C=O) groups excluding carboxylic acids is 1. The molecule has 0 unspecified atom stereocenters. The van der Waals surface area contributed by atoms with Gasteiger partial charge in [0.25, 0.3) is 5.91 Å². The highest BCUT2D eigenvalue weighted by Crippen LogP contribution is 2.36. The molecule has 3 rings (SSSR count). The first-order valence-electron chi connectivity index (χ1n) is 6.41. The molecular weight excluding hydrogens is 212 g/mol. The summed E-state index contributed by atoms with van der Waals surface area (Å²) in [6.45, 7) is 0.928. The average Bonchev–Trinajstić information content (AvgIpc) is 3.17. The Morgan fingerprint density at radius 2 is 1.94 bits per heavy atom. The van der Waals surface area contributed by atoms with E-state index in [9.17, 15) is 4.79 Å². The monoisotopic (exact) mass is 230 g/mol. The first-order valence-corrected chi connectivity index (χ1v) is 6.41. The van der Waals surface area contributed by atoms with Gasteiger partial charge in [-0.25, -0.2) is 0 Å². The number of anilines is 1. The van der Waals surface area contributed by atoms with Crippen molar-refractivity contribution in [3.05, 3.63) is 29.8 Å². The van der Waals surface area contributed by atoms with E-state index in [-0.39, 0.29) is 5.91 Å². The van der Waals surface area contributed by atoms with E-state index in [2.05, 4.69) is 0 Å². The van der Waals surface area contributed by atoms with Gasteiger partial charge in [0.15, 0.2) is 0 Å². The predicted molar refractivity (Wildman–Crippen MR) is 67.6 cm³/mol. The molecule has 0 saturated heterocycles. The molecular formula is C14H18N2O. The Morgan fingerprint density at radius 3 is 2.53 bits per heavy atom. The minimum absolute atomic E-state index is 0.123. The van der Waals surface area contributed by atoms with E-state index in [4.69, 9.17) is 5.73 Å². The van der Waals surface area contributed by atoms with Crippen molar-refractivity contribution in [3.8, 4) is 0 Å². The molecule has 0 aromatic heterocycles. The summed E-state index contributed by atoms with van der Waals surface area (Å²) in [6, 6.07) is 7.86. The highest BCUT2D eigenvalue weighted by atomic mass is 16.2. The number of nitrogens with zero attached hydrogens (tertiary/aromatic N) is 1. The fraction of sp³-hybridized carbons (Fsp3) is 0.500. The molecule has 1 aromatic rings. The summed E-state index contributed by atoms with van der Waals surface area (Å²) < 4.78 is 0. The molecule has 2 fully saturated rings. The zero-order valence-corrected chi connectivity index (χ0v) is 9.93. The van der Waals surface area contributed by atoms with Crippen molar-refractivity contribution in [1.29, 1.82) is 0 Å². The van der Waals surface area contributed by atoms with Gasteiger partial charge in [0, 0.05) is 18.3 Å². The van der Waals surface area contributed by atoms with Gasteiger partial charge in [0.05, 0.1) is 5.56 Å². The Bertz CT molecular complexity index is 436. The lowest BCUT2D eigenvalue weighted by Crippen LogP contribution is -2.35. The summed E-state index contributed by atoms with van der Waals surface area (Å²) in [4.78, 5) is 14.5. The van der Waals surface area contributed by atoms with Crippen molar-refractivity contribution in [3.63, 3.8) is 0 Å². The largest absolute Gasteiger partial charge is 0.398 e. The van der Waals surface area contributed by atoms with Crippen molar-refractivity contribution < 1.29 is 4.79 Å². The number of benzene rings is 1. The van der Waals surface area contributed by atoms with Crippen LogP contribution < -0.4 is 5.73 Å². The van der Waals surface area contributed by atoms with E-state index < -0.39 is 0 Å². The molecule has 1 amide bonds. The van der Waals surface area contributed by atoms with Crippen molar-refractivity contribution in [1.82, 2.24) is 4.90 Å². The van der Waals surface area contributed by atoms with Crippen LogP contribution in [0.4, 0.5) is 5.69 Å². The van der Waals surface area contributed by atoms with E-state index in [1.165, 1.54) is 12.8 Å². The number of para-hydroxylation sites is 1. The molecule has 0 radical (unpaired) electrons. The fourth-order valence-corrected chi connectivity index (χ4v) is 2.21. The molecule has 2 aliphatic carbocycles. The molecule has 2 N–H and O–H groups in total. The van der Waals surface area contributed by atoms with Crippen molar-refractivity contribution in [2.75, 3.05) is 12.3 Å². The molecule has 0 spiro atoms. The fourth-order valence-electron chi connectivity index (χ4n) is 2.21. The van der Waals surface area contributed by atoms with Gasteiger partial charge < -0.3 is 10.6 Å². The van der Waals surface area contributed by atoms with E-state index >= 15 is 0 Å². The van der Waals surface area contributed by atoms with Crippen LogP contribution >= 0.6 is 0 Å². The molecule has 0 aliphatic heterocycles. The zero-order valence-electron chi connectivity index (χ0n) is 9.93. The third-order valence-corrected chi connectivity index (χ3v) is 3.59. The van der Waals surface area contributed by atoms with E-state index in [1.807, 2.05) is 23.1 Å². The third kappa shape index (κ3) is 2.28. The second-order valence-electron chi connectivity index (χ2n) is 5.22. The Morgan fingerprint density at radius 1 is 1.24 bits per heavy atom. The SMILES string of the molecule is Nc1ccccc1C(=O)N(CC1CC1)C1CC1. The van der Waals surface area contributed by atoms with Gasteiger partial charge in [-0.2, -0.15) is 0 Å². The number of hydrogen-bond acceptors (Lipinski definition) is 2. The maximum absolute atomic E-state index is 12.5. The van der Waals surface area contributed by atoms with Gasteiger partial charge >= 0.3 is 0 Å². The number of hydrogen-bond donors (Lipinski definition) is 1. The molecule has 0 heterocycles. The number of nitrogens with two attached hydrogens (primary N) is 1. The van der Waals surface area contributed by atoms with Gasteiger partial charge in [-0.05, 0) is 43.7 Å². The van der Waals surface area contributed by atoms with Crippen LogP contribution in [0.3, 0.4) is 0 Å². The molecule has 17 heavy (non-hydrogen) atoms. The van der Waals surface area contributed by atoms with Gasteiger partial charge in [0.2, 0.25) is 0 Å². The normalized spacial score (nSPS) is 19.1. The van der Waals surface area contributed by atoms with Crippen molar-refractivity contribution in [2.24, 2.45) is 5.92 Å². The second kappa shape index (κ2) is 4.06. The van der Waals surface area contributed by atoms with Crippen molar-refractivity contribution >= 4 is 11.6 Å². The summed E-state index contributed by atoms with van der Waals surface area (Å²) in [6.07, 6.45) is 4.87. The predicted octanol–water partition coefficient (Wildman–Crippen LogP) is 2.28. The molecule has 3 nitrogen and oxygen atoms in total. The summed E-state index contributed by atoms with van der Waals surface area (Å²) in [7, 11) is 0. The van der Waals surface area contributed by atoms with E-state index in [0.29, 0.717) is 17.3 Å². The van der Waals surface area contributed by atoms with Crippen LogP contribution in [0.2, 0.25) is 0 Å². The number of rotatable bonds is 4. The minimum atomic E-state index is 0.123. The molecule has 3 heteroatoms. The Hall–Kier alpha value is -1.51. The number of carbonyl (C=O) groups is 1. The van der Waals surface area contributed by atoms with Crippen LogP contribution in [0.1, 0.15) is 36.0 Å². The molecule has 0 atom stereocenters. The standard InChI is InChI=1S/C14H18N2O/c15-13-4-2-1-3-12(13)14(17)16(11-7-8-11)9-10-5-6-10/h1-4,10-11H,5-9,15H2. The first-order chi connectivity index (χ1) is 8.25. The van der Waals surface area contributed by atoms with Crippen LogP contribution in [0.25, 0.3) is 0 Å². The molecule has 1 aromatic carbocycles. The van der Waals surface area contributed by atoms with E-state index in [1.54, 1.807) is 6.07 Å².